The zero-order valence-electron chi connectivity index (χ0n) is 23.7. The molecule has 0 radical (unpaired) electrons. The Morgan fingerprint density at radius 2 is 1.88 bits per heavy atom. The predicted octanol–water partition coefficient (Wildman–Crippen LogP) is 9.15. The van der Waals surface area contributed by atoms with Gasteiger partial charge in [-0.05, 0) is 73.9 Å². The van der Waals surface area contributed by atoms with Crippen LogP contribution in [0.3, 0.4) is 0 Å². The molecule has 0 unspecified atom stereocenters. The van der Waals surface area contributed by atoms with Crippen molar-refractivity contribution in [3.8, 4) is 5.75 Å². The van der Waals surface area contributed by atoms with E-state index in [-0.39, 0.29) is 11.8 Å². The number of rotatable bonds is 12. The number of aromatic nitrogens is 1. The van der Waals surface area contributed by atoms with E-state index in [9.17, 15) is 9.59 Å². The molecular formula is C32H33Cl2N3O3S3. The van der Waals surface area contributed by atoms with E-state index in [1.165, 1.54) is 42.4 Å². The highest BCUT2D eigenvalue weighted by molar-refractivity contribution is 8.26. The molecule has 2 heterocycles. The molecule has 43 heavy (non-hydrogen) atoms. The van der Waals surface area contributed by atoms with Gasteiger partial charge < -0.3 is 10.1 Å². The number of unbranched alkanes of at least 4 members (excludes halogenated alkanes) is 2. The van der Waals surface area contributed by atoms with Gasteiger partial charge in [-0.15, -0.1) is 11.3 Å². The van der Waals surface area contributed by atoms with Gasteiger partial charge >= 0.3 is 0 Å². The van der Waals surface area contributed by atoms with Crippen molar-refractivity contribution in [1.29, 1.82) is 0 Å². The van der Waals surface area contributed by atoms with E-state index in [0.29, 0.717) is 56.3 Å². The number of carbonyl (C=O) groups is 2. The summed E-state index contributed by atoms with van der Waals surface area (Å²) in [5.74, 6) is 0.736. The standard InChI is InChI=1S/C32H33Cl2N3O3S3/c33-26-11-7-8-22(29(26)34)19-25-20-35-31(42-25)36-28(38)12-5-2-6-17-37-30(39)27(43-32(37)41)18-21-13-15-24(16-14-21)40-23-9-3-1-4-10-23/h7-8,11,13-16,18,20,23H,1-6,9-10,12,17,19H2,(H,35,36,38)/b27-18-. The molecule has 2 amide bonds. The number of thiazole rings is 1. The number of carbonyl (C=O) groups excluding carboxylic acids is 2. The van der Waals surface area contributed by atoms with E-state index in [1.807, 2.05) is 42.5 Å². The van der Waals surface area contributed by atoms with Crippen molar-refractivity contribution in [3.63, 3.8) is 0 Å². The first kappa shape index (κ1) is 32.0. The highest BCUT2D eigenvalue weighted by Gasteiger charge is 2.31. The van der Waals surface area contributed by atoms with Crippen molar-refractivity contribution in [2.75, 3.05) is 11.9 Å². The fourth-order valence-electron chi connectivity index (χ4n) is 5.10. The SMILES string of the molecule is O=C(CCCCCN1C(=O)/C(=C/c2ccc(OC3CCCCC3)cc2)SC1=S)Nc1ncc(Cc2cccc(Cl)c2Cl)s1. The van der Waals surface area contributed by atoms with Crippen LogP contribution in [0.15, 0.2) is 53.6 Å². The number of thiocarbonyl (C=S) groups is 1. The van der Waals surface area contributed by atoms with Gasteiger partial charge in [-0.2, -0.15) is 0 Å². The third kappa shape index (κ3) is 9.05. The molecule has 1 N–H and O–H groups in total. The van der Waals surface area contributed by atoms with E-state index in [4.69, 9.17) is 40.2 Å². The molecule has 0 spiro atoms. The van der Waals surface area contributed by atoms with Gasteiger partial charge in [0.2, 0.25) is 5.91 Å². The highest BCUT2D eigenvalue weighted by Crippen LogP contribution is 2.34. The quantitative estimate of drug-likeness (QED) is 0.117. The second kappa shape index (κ2) is 15.5. The van der Waals surface area contributed by atoms with E-state index < -0.39 is 0 Å². The Balaban J connectivity index is 1.01. The lowest BCUT2D eigenvalue weighted by Crippen LogP contribution is -2.29. The molecule has 0 atom stereocenters. The van der Waals surface area contributed by atoms with Crippen molar-refractivity contribution in [3.05, 3.63) is 79.6 Å². The van der Waals surface area contributed by atoms with E-state index in [0.717, 1.165) is 47.4 Å². The number of anilines is 1. The van der Waals surface area contributed by atoms with Crippen LogP contribution in [0.4, 0.5) is 5.13 Å². The molecule has 2 aliphatic rings. The number of halogens is 2. The van der Waals surface area contributed by atoms with Crippen LogP contribution in [-0.2, 0) is 16.0 Å². The van der Waals surface area contributed by atoms with Crippen molar-refractivity contribution >= 4 is 85.9 Å². The molecule has 6 nitrogen and oxygen atoms in total. The first-order chi connectivity index (χ1) is 20.9. The molecule has 226 valence electrons. The normalized spacial score (nSPS) is 16.7. The van der Waals surface area contributed by atoms with Crippen LogP contribution in [0, 0.1) is 0 Å². The summed E-state index contributed by atoms with van der Waals surface area (Å²) in [7, 11) is 0. The van der Waals surface area contributed by atoms with Gasteiger partial charge in [-0.3, -0.25) is 14.5 Å². The molecule has 3 aromatic rings. The van der Waals surface area contributed by atoms with Crippen LogP contribution in [0.25, 0.3) is 6.08 Å². The molecule has 2 aromatic carbocycles. The first-order valence-electron chi connectivity index (χ1n) is 14.6. The van der Waals surface area contributed by atoms with Gasteiger partial charge in [-0.1, -0.05) is 84.3 Å². The number of nitrogens with one attached hydrogen (secondary N) is 1. The zero-order chi connectivity index (χ0) is 30.2. The summed E-state index contributed by atoms with van der Waals surface area (Å²) in [6.45, 7) is 0.541. The van der Waals surface area contributed by atoms with E-state index in [1.54, 1.807) is 17.2 Å². The summed E-state index contributed by atoms with van der Waals surface area (Å²) in [4.78, 5) is 33.1. The van der Waals surface area contributed by atoms with Crippen molar-refractivity contribution in [2.24, 2.45) is 0 Å². The average molecular weight is 675 g/mol. The third-order valence-corrected chi connectivity index (χ3v) is 10.5. The molecule has 1 aliphatic carbocycles. The molecule has 0 bridgehead atoms. The Labute approximate surface area is 276 Å². The van der Waals surface area contributed by atoms with Crippen LogP contribution in [0.5, 0.6) is 5.75 Å². The van der Waals surface area contributed by atoms with Crippen molar-refractivity contribution in [2.45, 2.75) is 70.3 Å². The average Bonchev–Trinajstić information content (AvgIpc) is 3.55. The summed E-state index contributed by atoms with van der Waals surface area (Å²) in [5.41, 5.74) is 1.87. The topological polar surface area (TPSA) is 71.5 Å². The van der Waals surface area contributed by atoms with Crippen molar-refractivity contribution in [1.82, 2.24) is 9.88 Å². The molecule has 1 saturated carbocycles. The molecule has 1 aromatic heterocycles. The van der Waals surface area contributed by atoms with Gasteiger partial charge in [0.15, 0.2) is 5.13 Å². The number of benzene rings is 2. The monoisotopic (exact) mass is 673 g/mol. The Hall–Kier alpha value is -2.43. The van der Waals surface area contributed by atoms with Gasteiger partial charge in [0.05, 0.1) is 21.1 Å². The van der Waals surface area contributed by atoms with Gasteiger partial charge in [0.25, 0.3) is 5.91 Å². The largest absolute Gasteiger partial charge is 0.490 e. The van der Waals surface area contributed by atoms with Gasteiger partial charge in [0, 0.05) is 30.5 Å². The summed E-state index contributed by atoms with van der Waals surface area (Å²) in [6.07, 6.45) is 13.2. The zero-order valence-corrected chi connectivity index (χ0v) is 27.6. The smallest absolute Gasteiger partial charge is 0.266 e. The Morgan fingerprint density at radius 3 is 2.67 bits per heavy atom. The van der Waals surface area contributed by atoms with Crippen LogP contribution >= 0.6 is 58.5 Å². The molecular weight excluding hydrogens is 641 g/mol. The Morgan fingerprint density at radius 1 is 1.09 bits per heavy atom. The lowest BCUT2D eigenvalue weighted by atomic mass is 9.98. The minimum absolute atomic E-state index is 0.0612. The van der Waals surface area contributed by atoms with E-state index in [2.05, 4.69) is 10.3 Å². The summed E-state index contributed by atoms with van der Waals surface area (Å²) in [5, 5.41) is 4.50. The lowest BCUT2D eigenvalue weighted by Gasteiger charge is -2.22. The number of nitrogens with zero attached hydrogens (tertiary/aromatic N) is 2. The second-order valence-electron chi connectivity index (χ2n) is 10.7. The number of thioether (sulfide) groups is 1. The third-order valence-electron chi connectivity index (χ3n) is 7.39. The van der Waals surface area contributed by atoms with Crippen LogP contribution in [0.2, 0.25) is 10.0 Å². The fraction of sp³-hybridized carbons (Fsp3) is 0.375. The van der Waals surface area contributed by atoms with Crippen LogP contribution in [0.1, 0.15) is 73.8 Å². The van der Waals surface area contributed by atoms with E-state index >= 15 is 0 Å². The minimum Gasteiger partial charge on any atom is -0.490 e. The predicted molar refractivity (Wildman–Crippen MR) is 182 cm³/mol. The summed E-state index contributed by atoms with van der Waals surface area (Å²) in [6, 6.07) is 13.5. The highest BCUT2D eigenvalue weighted by atomic mass is 35.5. The number of hydrogen-bond acceptors (Lipinski definition) is 7. The van der Waals surface area contributed by atoms with Gasteiger partial charge in [0.1, 0.15) is 10.1 Å². The van der Waals surface area contributed by atoms with Crippen molar-refractivity contribution < 1.29 is 14.3 Å². The first-order valence-corrected chi connectivity index (χ1v) is 17.3. The molecule has 2 fully saturated rings. The second-order valence-corrected chi connectivity index (χ2v) is 14.2. The number of ether oxygens (including phenoxy) is 1. The molecule has 1 aliphatic heterocycles. The van der Waals surface area contributed by atoms with Crippen LogP contribution in [-0.4, -0.2) is 38.7 Å². The maximum atomic E-state index is 13.0. The maximum Gasteiger partial charge on any atom is 0.266 e. The molecule has 1 saturated heterocycles. The fourth-order valence-corrected chi connectivity index (χ4v) is 7.64. The summed E-state index contributed by atoms with van der Waals surface area (Å²) < 4.78 is 6.69. The van der Waals surface area contributed by atoms with Crippen LogP contribution < -0.4 is 10.1 Å². The lowest BCUT2D eigenvalue weighted by molar-refractivity contribution is -0.122. The Kier molecular flexibility index (Phi) is 11.5. The minimum atomic E-state index is -0.0783. The Bertz CT molecular complexity index is 1490. The maximum absolute atomic E-state index is 13.0. The number of amides is 2. The molecule has 5 rings (SSSR count). The number of hydrogen-bond donors (Lipinski definition) is 1. The summed E-state index contributed by atoms with van der Waals surface area (Å²) >= 11 is 20.7. The van der Waals surface area contributed by atoms with Gasteiger partial charge in [-0.25, -0.2) is 4.98 Å². The molecule has 11 heteroatoms.